The molecule has 1 fully saturated rings. The molecule has 3 nitrogen and oxygen atoms in total. The summed E-state index contributed by atoms with van der Waals surface area (Å²) in [5.74, 6) is 0.957. The number of nitrogens with zero attached hydrogens (tertiary/aromatic N) is 1. The van der Waals surface area contributed by atoms with Crippen molar-refractivity contribution in [2.24, 2.45) is 5.73 Å². The molecule has 0 saturated heterocycles. The minimum Gasteiger partial charge on any atom is -0.490 e. The lowest BCUT2D eigenvalue weighted by molar-refractivity contribution is 0.303. The third-order valence-electron chi connectivity index (χ3n) is 2.59. The highest BCUT2D eigenvalue weighted by molar-refractivity contribution is 5.56. The summed E-state index contributed by atoms with van der Waals surface area (Å²) in [5, 5.41) is 0. The number of anilines is 1. The van der Waals surface area contributed by atoms with Gasteiger partial charge in [-0.25, -0.2) is 0 Å². The second kappa shape index (κ2) is 4.11. The Morgan fingerprint density at radius 3 is 2.67 bits per heavy atom. The maximum absolute atomic E-state index is 5.75. The fourth-order valence-corrected chi connectivity index (χ4v) is 1.58. The van der Waals surface area contributed by atoms with Gasteiger partial charge in [0.2, 0.25) is 0 Å². The highest BCUT2D eigenvalue weighted by Gasteiger charge is 2.23. The third kappa shape index (κ3) is 2.42. The molecule has 0 heterocycles. The van der Waals surface area contributed by atoms with E-state index in [1.165, 1.54) is 12.8 Å². The van der Waals surface area contributed by atoms with Crippen LogP contribution in [0.4, 0.5) is 5.69 Å². The van der Waals surface area contributed by atoms with Crippen LogP contribution in [0.5, 0.6) is 5.75 Å². The Hall–Kier alpha value is -1.22. The van der Waals surface area contributed by atoms with Crippen molar-refractivity contribution in [2.45, 2.75) is 25.5 Å². The van der Waals surface area contributed by atoms with Gasteiger partial charge in [0.1, 0.15) is 5.75 Å². The van der Waals surface area contributed by atoms with Gasteiger partial charge in [-0.3, -0.25) is 0 Å². The van der Waals surface area contributed by atoms with Gasteiger partial charge in [-0.15, -0.1) is 0 Å². The molecule has 0 bridgehead atoms. The Balaban J connectivity index is 2.22. The van der Waals surface area contributed by atoms with Crippen molar-refractivity contribution in [3.63, 3.8) is 0 Å². The van der Waals surface area contributed by atoms with E-state index in [0.29, 0.717) is 12.6 Å². The van der Waals surface area contributed by atoms with E-state index in [1.54, 1.807) is 0 Å². The number of hydrogen-bond acceptors (Lipinski definition) is 3. The summed E-state index contributed by atoms with van der Waals surface area (Å²) in [5.41, 5.74) is 7.99. The average Bonchev–Trinajstić information content (AvgIpc) is 3.01. The van der Waals surface area contributed by atoms with Crippen molar-refractivity contribution in [3.05, 3.63) is 23.8 Å². The van der Waals surface area contributed by atoms with Gasteiger partial charge in [-0.2, -0.15) is 0 Å². The topological polar surface area (TPSA) is 38.5 Å². The fourth-order valence-electron chi connectivity index (χ4n) is 1.58. The zero-order valence-electron chi connectivity index (χ0n) is 9.36. The molecule has 0 atom stereocenters. The van der Waals surface area contributed by atoms with Crippen molar-refractivity contribution in [1.29, 1.82) is 0 Å². The molecule has 1 aliphatic rings. The van der Waals surface area contributed by atoms with Crippen LogP contribution in [-0.2, 0) is 6.54 Å². The molecule has 82 valence electrons. The Kier molecular flexibility index (Phi) is 2.82. The van der Waals surface area contributed by atoms with Gasteiger partial charge in [0.05, 0.1) is 6.10 Å². The predicted octanol–water partition coefficient (Wildman–Crippen LogP) is 1.75. The van der Waals surface area contributed by atoms with Gasteiger partial charge in [0.15, 0.2) is 0 Å². The van der Waals surface area contributed by atoms with E-state index in [4.69, 9.17) is 10.5 Å². The van der Waals surface area contributed by atoms with Crippen molar-refractivity contribution in [3.8, 4) is 5.75 Å². The van der Waals surface area contributed by atoms with Crippen molar-refractivity contribution in [2.75, 3.05) is 19.0 Å². The van der Waals surface area contributed by atoms with Crippen molar-refractivity contribution >= 4 is 5.69 Å². The van der Waals surface area contributed by atoms with Crippen LogP contribution in [0.1, 0.15) is 18.4 Å². The largest absolute Gasteiger partial charge is 0.490 e. The molecular formula is C12H18N2O. The second-order valence-corrected chi connectivity index (χ2v) is 4.21. The van der Waals surface area contributed by atoms with E-state index in [2.05, 4.69) is 11.0 Å². The molecule has 0 amide bonds. The summed E-state index contributed by atoms with van der Waals surface area (Å²) in [6.45, 7) is 0.567. The van der Waals surface area contributed by atoms with Gasteiger partial charge in [-0.1, -0.05) is 6.07 Å². The quantitative estimate of drug-likeness (QED) is 0.815. The van der Waals surface area contributed by atoms with Crippen LogP contribution < -0.4 is 15.4 Å². The predicted molar refractivity (Wildman–Crippen MR) is 62.3 cm³/mol. The molecule has 0 radical (unpaired) electrons. The van der Waals surface area contributed by atoms with Crippen LogP contribution >= 0.6 is 0 Å². The zero-order chi connectivity index (χ0) is 10.8. The Labute approximate surface area is 90.8 Å². The molecule has 2 N–H and O–H groups in total. The minimum absolute atomic E-state index is 0.448. The summed E-state index contributed by atoms with van der Waals surface area (Å²) in [6.07, 6.45) is 2.83. The van der Waals surface area contributed by atoms with Gasteiger partial charge < -0.3 is 15.4 Å². The number of ether oxygens (including phenoxy) is 1. The third-order valence-corrected chi connectivity index (χ3v) is 2.59. The first-order valence-electron chi connectivity index (χ1n) is 5.37. The van der Waals surface area contributed by atoms with Crippen LogP contribution in [-0.4, -0.2) is 20.2 Å². The molecule has 2 rings (SSSR count). The van der Waals surface area contributed by atoms with Crippen LogP contribution in [0.3, 0.4) is 0 Å². The molecule has 1 aromatic carbocycles. The Morgan fingerprint density at radius 2 is 2.13 bits per heavy atom. The van der Waals surface area contributed by atoms with Crippen LogP contribution in [0, 0.1) is 0 Å². The van der Waals surface area contributed by atoms with Crippen LogP contribution in [0.2, 0.25) is 0 Å². The van der Waals surface area contributed by atoms with E-state index in [1.807, 2.05) is 26.2 Å². The highest BCUT2D eigenvalue weighted by atomic mass is 16.5. The average molecular weight is 206 g/mol. The van der Waals surface area contributed by atoms with E-state index in [-0.39, 0.29) is 0 Å². The van der Waals surface area contributed by atoms with Gasteiger partial charge in [0, 0.05) is 32.4 Å². The molecule has 1 aromatic rings. The molecule has 0 aliphatic heterocycles. The molecule has 15 heavy (non-hydrogen) atoms. The lowest BCUT2D eigenvalue weighted by Gasteiger charge is -2.18. The summed E-state index contributed by atoms with van der Waals surface area (Å²) >= 11 is 0. The molecule has 0 spiro atoms. The lowest BCUT2D eigenvalue weighted by atomic mass is 10.1. The fraction of sp³-hybridized carbons (Fsp3) is 0.500. The zero-order valence-corrected chi connectivity index (χ0v) is 9.36. The van der Waals surface area contributed by atoms with Crippen LogP contribution in [0.25, 0.3) is 0 Å². The number of nitrogens with two attached hydrogens (primary N) is 1. The first-order chi connectivity index (χ1) is 7.20. The summed E-state index contributed by atoms with van der Waals surface area (Å²) in [4.78, 5) is 2.07. The monoisotopic (exact) mass is 206 g/mol. The first-order valence-corrected chi connectivity index (χ1v) is 5.37. The molecule has 3 heteroatoms. The van der Waals surface area contributed by atoms with Gasteiger partial charge >= 0.3 is 0 Å². The van der Waals surface area contributed by atoms with Gasteiger partial charge in [-0.05, 0) is 24.5 Å². The maximum Gasteiger partial charge on any atom is 0.121 e. The van der Waals surface area contributed by atoms with Crippen molar-refractivity contribution in [1.82, 2.24) is 0 Å². The first kappa shape index (κ1) is 10.3. The van der Waals surface area contributed by atoms with E-state index < -0.39 is 0 Å². The molecular weight excluding hydrogens is 188 g/mol. The SMILES string of the molecule is CN(C)c1cc(OC2CC2)ccc1CN. The normalized spacial score (nSPS) is 15.1. The molecule has 0 aromatic heterocycles. The molecule has 1 saturated carbocycles. The van der Waals surface area contributed by atoms with E-state index in [0.717, 1.165) is 17.0 Å². The standard InChI is InChI=1S/C12H18N2O/c1-14(2)12-7-11(15-10-5-6-10)4-3-9(12)8-13/h3-4,7,10H,5-6,8,13H2,1-2H3. The molecule has 0 unspecified atom stereocenters. The number of rotatable bonds is 4. The summed E-state index contributed by atoms with van der Waals surface area (Å²) in [6, 6.07) is 6.13. The van der Waals surface area contributed by atoms with Crippen LogP contribution in [0.15, 0.2) is 18.2 Å². The second-order valence-electron chi connectivity index (χ2n) is 4.21. The van der Waals surface area contributed by atoms with E-state index >= 15 is 0 Å². The summed E-state index contributed by atoms with van der Waals surface area (Å²) < 4.78 is 5.75. The minimum atomic E-state index is 0.448. The number of hydrogen-bond donors (Lipinski definition) is 1. The Bertz CT molecular complexity index is 345. The lowest BCUT2D eigenvalue weighted by Crippen LogP contribution is -2.13. The maximum atomic E-state index is 5.75. The highest BCUT2D eigenvalue weighted by Crippen LogP contribution is 2.30. The van der Waals surface area contributed by atoms with Gasteiger partial charge in [0.25, 0.3) is 0 Å². The van der Waals surface area contributed by atoms with Crippen molar-refractivity contribution < 1.29 is 4.74 Å². The van der Waals surface area contributed by atoms with E-state index in [9.17, 15) is 0 Å². The number of benzene rings is 1. The smallest absolute Gasteiger partial charge is 0.121 e. The summed E-state index contributed by atoms with van der Waals surface area (Å²) in [7, 11) is 4.05. The Morgan fingerprint density at radius 1 is 1.40 bits per heavy atom. The molecule has 1 aliphatic carbocycles.